The lowest BCUT2D eigenvalue weighted by Crippen LogP contribution is -2.44. The first-order chi connectivity index (χ1) is 9.60. The lowest BCUT2D eigenvalue weighted by Gasteiger charge is -2.38. The maximum Gasteiger partial charge on any atom is 0.305 e. The van der Waals surface area contributed by atoms with Crippen molar-refractivity contribution in [2.24, 2.45) is 5.92 Å². The van der Waals surface area contributed by atoms with Crippen molar-refractivity contribution in [2.75, 3.05) is 7.11 Å². The molecule has 21 heavy (non-hydrogen) atoms. The largest absolute Gasteiger partial charge is 0.469 e. The fourth-order valence-corrected chi connectivity index (χ4v) is 3.26. The molecular formula is C15H28O5Si. The molecule has 122 valence electrons. The van der Waals surface area contributed by atoms with E-state index in [4.69, 9.17) is 9.16 Å². The molecular weight excluding hydrogens is 288 g/mol. The van der Waals surface area contributed by atoms with Crippen LogP contribution in [0.3, 0.4) is 0 Å². The number of hydrogen-bond acceptors (Lipinski definition) is 5. The molecule has 0 aromatic rings. The smallest absolute Gasteiger partial charge is 0.305 e. The predicted molar refractivity (Wildman–Crippen MR) is 82.4 cm³/mol. The van der Waals surface area contributed by atoms with E-state index in [1.807, 2.05) is 0 Å². The zero-order chi connectivity index (χ0) is 16.3. The maximum absolute atomic E-state index is 11.2. The summed E-state index contributed by atoms with van der Waals surface area (Å²) >= 11 is 0. The minimum Gasteiger partial charge on any atom is -0.469 e. The van der Waals surface area contributed by atoms with Gasteiger partial charge in [-0.05, 0) is 24.6 Å². The van der Waals surface area contributed by atoms with Crippen molar-refractivity contribution in [2.45, 2.75) is 70.6 Å². The minimum atomic E-state index is -1.93. The predicted octanol–water partition coefficient (Wildman–Crippen LogP) is 2.89. The SMILES string of the molecule is COC(=O)CC[C@@H]1OC(O[Si](C)(C)C(C)(C)C)C[C@@H]1C=O. The first-order valence-electron chi connectivity index (χ1n) is 7.46. The van der Waals surface area contributed by atoms with Gasteiger partial charge in [-0.2, -0.15) is 0 Å². The van der Waals surface area contributed by atoms with E-state index in [0.717, 1.165) is 6.29 Å². The molecule has 0 radical (unpaired) electrons. The van der Waals surface area contributed by atoms with Crippen LogP contribution < -0.4 is 0 Å². The first kappa shape index (κ1) is 18.3. The van der Waals surface area contributed by atoms with Gasteiger partial charge in [0.2, 0.25) is 0 Å². The Bertz CT molecular complexity index is 375. The summed E-state index contributed by atoms with van der Waals surface area (Å²) in [7, 11) is -0.567. The number of carbonyl (C=O) groups is 2. The van der Waals surface area contributed by atoms with E-state index in [9.17, 15) is 9.59 Å². The maximum atomic E-state index is 11.2. The van der Waals surface area contributed by atoms with Crippen molar-refractivity contribution >= 4 is 20.6 Å². The van der Waals surface area contributed by atoms with E-state index >= 15 is 0 Å². The highest BCUT2D eigenvalue weighted by molar-refractivity contribution is 6.74. The van der Waals surface area contributed by atoms with E-state index in [0.29, 0.717) is 12.8 Å². The Kier molecular flexibility index (Phi) is 6.13. The van der Waals surface area contributed by atoms with E-state index in [1.165, 1.54) is 7.11 Å². The Morgan fingerprint density at radius 1 is 1.38 bits per heavy atom. The number of carbonyl (C=O) groups excluding carboxylic acids is 2. The molecule has 1 saturated heterocycles. The van der Waals surface area contributed by atoms with Gasteiger partial charge in [-0.1, -0.05) is 20.8 Å². The van der Waals surface area contributed by atoms with E-state index in [-0.39, 0.29) is 35.7 Å². The molecule has 0 bridgehead atoms. The van der Waals surface area contributed by atoms with Crippen LogP contribution in [0.4, 0.5) is 0 Å². The molecule has 0 spiro atoms. The summed E-state index contributed by atoms with van der Waals surface area (Å²) in [4.78, 5) is 22.4. The monoisotopic (exact) mass is 316 g/mol. The summed E-state index contributed by atoms with van der Waals surface area (Å²) in [6.07, 6.45) is 1.64. The standard InChI is InChI=1S/C15H28O5Si/c1-15(2,3)21(5,6)20-14-9-11(10-16)12(19-14)7-8-13(17)18-4/h10-12,14H,7-9H2,1-6H3/t11-,12+,14?/m1/s1. The molecule has 1 rings (SSSR count). The van der Waals surface area contributed by atoms with Crippen LogP contribution in [0, 0.1) is 5.92 Å². The van der Waals surface area contributed by atoms with Gasteiger partial charge in [0, 0.05) is 18.8 Å². The Morgan fingerprint density at radius 3 is 2.48 bits per heavy atom. The molecule has 0 aromatic carbocycles. The van der Waals surface area contributed by atoms with Crippen LogP contribution in [0.2, 0.25) is 18.1 Å². The molecule has 0 amide bonds. The zero-order valence-corrected chi connectivity index (χ0v) is 15.0. The van der Waals surface area contributed by atoms with Crippen LogP contribution in [-0.4, -0.2) is 40.1 Å². The summed E-state index contributed by atoms with van der Waals surface area (Å²) in [6.45, 7) is 10.8. The van der Waals surface area contributed by atoms with Gasteiger partial charge in [0.1, 0.15) is 12.6 Å². The lowest BCUT2D eigenvalue weighted by molar-refractivity contribution is -0.142. The van der Waals surface area contributed by atoms with Crippen molar-refractivity contribution < 1.29 is 23.5 Å². The van der Waals surface area contributed by atoms with Crippen molar-refractivity contribution in [3.63, 3.8) is 0 Å². The molecule has 0 aliphatic carbocycles. The van der Waals surface area contributed by atoms with Gasteiger partial charge in [0.05, 0.1) is 13.2 Å². The fraction of sp³-hybridized carbons (Fsp3) is 0.867. The minimum absolute atomic E-state index is 0.0944. The van der Waals surface area contributed by atoms with E-state index in [2.05, 4.69) is 38.6 Å². The van der Waals surface area contributed by atoms with Gasteiger partial charge in [-0.25, -0.2) is 0 Å². The Labute approximate surface area is 128 Å². The second-order valence-corrected chi connectivity index (χ2v) is 11.9. The summed E-state index contributed by atoms with van der Waals surface area (Å²) in [6, 6.07) is 0. The van der Waals surface area contributed by atoms with Crippen LogP contribution >= 0.6 is 0 Å². The molecule has 3 atom stereocenters. The molecule has 1 aliphatic heterocycles. The van der Waals surface area contributed by atoms with Crippen molar-refractivity contribution in [3.8, 4) is 0 Å². The molecule has 1 heterocycles. The number of methoxy groups -OCH3 is 1. The Morgan fingerprint density at radius 2 is 2.00 bits per heavy atom. The highest BCUT2D eigenvalue weighted by Crippen LogP contribution is 2.40. The lowest BCUT2D eigenvalue weighted by atomic mass is 9.99. The second-order valence-electron chi connectivity index (χ2n) is 7.13. The molecule has 6 heteroatoms. The summed E-state index contributed by atoms with van der Waals surface area (Å²) in [5, 5.41) is 0.0944. The number of ether oxygens (including phenoxy) is 2. The van der Waals surface area contributed by atoms with Gasteiger partial charge in [-0.3, -0.25) is 4.79 Å². The van der Waals surface area contributed by atoms with Crippen LogP contribution in [0.25, 0.3) is 0 Å². The molecule has 1 unspecified atom stereocenters. The number of aldehydes is 1. The highest BCUT2D eigenvalue weighted by atomic mass is 28.4. The van der Waals surface area contributed by atoms with Gasteiger partial charge in [0.25, 0.3) is 0 Å². The van der Waals surface area contributed by atoms with Crippen molar-refractivity contribution in [3.05, 3.63) is 0 Å². The molecule has 1 fully saturated rings. The average Bonchev–Trinajstić information content (AvgIpc) is 2.75. The van der Waals surface area contributed by atoms with Gasteiger partial charge >= 0.3 is 5.97 Å². The van der Waals surface area contributed by atoms with Gasteiger partial charge in [0.15, 0.2) is 8.32 Å². The highest BCUT2D eigenvalue weighted by Gasteiger charge is 2.43. The van der Waals surface area contributed by atoms with Gasteiger partial charge < -0.3 is 18.7 Å². The van der Waals surface area contributed by atoms with Crippen molar-refractivity contribution in [1.29, 1.82) is 0 Å². The normalized spacial score (nSPS) is 26.7. The van der Waals surface area contributed by atoms with E-state index < -0.39 is 8.32 Å². The Balaban J connectivity index is 2.61. The molecule has 0 saturated carbocycles. The number of esters is 1. The summed E-state index contributed by atoms with van der Waals surface area (Å²) < 4.78 is 16.7. The van der Waals surface area contributed by atoms with E-state index in [1.54, 1.807) is 0 Å². The van der Waals surface area contributed by atoms with Crippen LogP contribution in [0.15, 0.2) is 0 Å². The number of rotatable bonds is 6. The molecule has 1 aliphatic rings. The molecule has 0 N–H and O–H groups in total. The zero-order valence-electron chi connectivity index (χ0n) is 14.0. The topological polar surface area (TPSA) is 61.8 Å². The second kappa shape index (κ2) is 7.02. The summed E-state index contributed by atoms with van der Waals surface area (Å²) in [5.41, 5.74) is 0. The van der Waals surface area contributed by atoms with Crippen LogP contribution in [0.1, 0.15) is 40.0 Å². The van der Waals surface area contributed by atoms with Gasteiger partial charge in [-0.15, -0.1) is 0 Å². The summed E-state index contributed by atoms with van der Waals surface area (Å²) in [5.74, 6) is -0.485. The first-order valence-corrected chi connectivity index (χ1v) is 10.4. The van der Waals surface area contributed by atoms with Crippen LogP contribution in [-0.2, 0) is 23.5 Å². The van der Waals surface area contributed by atoms with Crippen molar-refractivity contribution in [1.82, 2.24) is 0 Å². The third-order valence-corrected chi connectivity index (χ3v) is 9.00. The third-order valence-electron chi connectivity index (χ3n) is 4.54. The number of hydrogen-bond donors (Lipinski definition) is 0. The quantitative estimate of drug-likeness (QED) is 0.428. The fourth-order valence-electron chi connectivity index (χ4n) is 2.09. The molecule has 5 nitrogen and oxygen atoms in total. The Hall–Kier alpha value is -0.723. The van der Waals surface area contributed by atoms with Crippen LogP contribution in [0.5, 0.6) is 0 Å². The molecule has 0 aromatic heterocycles. The average molecular weight is 316 g/mol. The third kappa shape index (κ3) is 4.90.